The van der Waals surface area contributed by atoms with E-state index in [1.54, 1.807) is 12.2 Å². The topological polar surface area (TPSA) is 64.1 Å². The molecule has 0 fully saturated rings. The highest BCUT2D eigenvalue weighted by Gasteiger charge is 2.28. The van der Waals surface area contributed by atoms with E-state index in [4.69, 9.17) is 27.9 Å². The van der Waals surface area contributed by atoms with Crippen LogP contribution in [0.2, 0.25) is 10.3 Å². The van der Waals surface area contributed by atoms with E-state index < -0.39 is 6.09 Å². The zero-order valence-electron chi connectivity index (χ0n) is 16.6. The number of benzene rings is 2. The van der Waals surface area contributed by atoms with Crippen LogP contribution in [0.4, 0.5) is 4.79 Å². The Kier molecular flexibility index (Phi) is 6.80. The Morgan fingerprint density at radius 1 is 1.06 bits per heavy atom. The molecule has 8 heteroatoms. The molecule has 0 saturated heterocycles. The highest BCUT2D eigenvalue weighted by Crippen LogP contribution is 2.44. The van der Waals surface area contributed by atoms with E-state index in [0.29, 0.717) is 10.7 Å². The third kappa shape index (κ3) is 4.71. The summed E-state index contributed by atoms with van der Waals surface area (Å²) in [6.07, 6.45) is 4.75. The molecule has 0 saturated carbocycles. The lowest BCUT2D eigenvalue weighted by Gasteiger charge is -2.14. The van der Waals surface area contributed by atoms with Gasteiger partial charge in [-0.3, -0.25) is 0 Å². The smallest absolute Gasteiger partial charge is 0.407 e. The summed E-state index contributed by atoms with van der Waals surface area (Å²) >= 11 is 13.7. The first-order valence-corrected chi connectivity index (χ1v) is 11.6. The summed E-state index contributed by atoms with van der Waals surface area (Å²) in [4.78, 5) is 20.5. The predicted molar refractivity (Wildman–Crippen MR) is 126 cm³/mol. The minimum Gasteiger partial charge on any atom is -0.449 e. The standard InChI is InChI=1S/C23H19Cl2N3O2S/c1-31-22-27-20(24)18(21(25)28-22)11-6-12-26-23(29)30-13-19-16-9-4-2-7-14(16)15-8-3-5-10-17(15)19/h2-11,19H,12-13H2,1H3,(H,26,29). The first-order chi connectivity index (χ1) is 15.1. The first kappa shape index (κ1) is 21.7. The number of halogens is 2. The molecule has 1 N–H and O–H groups in total. The van der Waals surface area contributed by atoms with Gasteiger partial charge in [-0.15, -0.1) is 0 Å². The third-order valence-electron chi connectivity index (χ3n) is 5.01. The number of rotatable bonds is 6. The van der Waals surface area contributed by atoms with Gasteiger partial charge < -0.3 is 10.1 Å². The second-order valence-electron chi connectivity index (χ2n) is 6.81. The largest absolute Gasteiger partial charge is 0.449 e. The van der Waals surface area contributed by atoms with Crippen LogP contribution in [-0.2, 0) is 4.74 Å². The fraction of sp³-hybridized carbons (Fsp3) is 0.174. The van der Waals surface area contributed by atoms with Gasteiger partial charge in [0.25, 0.3) is 0 Å². The molecule has 0 radical (unpaired) electrons. The number of ether oxygens (including phenoxy) is 1. The van der Waals surface area contributed by atoms with E-state index in [2.05, 4.69) is 39.6 Å². The highest BCUT2D eigenvalue weighted by molar-refractivity contribution is 7.98. The molecule has 0 aliphatic heterocycles. The van der Waals surface area contributed by atoms with E-state index >= 15 is 0 Å². The van der Waals surface area contributed by atoms with Crippen LogP contribution in [0, 0.1) is 0 Å². The Labute approximate surface area is 194 Å². The van der Waals surface area contributed by atoms with E-state index in [9.17, 15) is 4.79 Å². The molecule has 1 aliphatic rings. The minimum absolute atomic E-state index is 0.0263. The average Bonchev–Trinajstić information content (AvgIpc) is 3.10. The second-order valence-corrected chi connectivity index (χ2v) is 8.30. The summed E-state index contributed by atoms with van der Waals surface area (Å²) in [7, 11) is 0. The molecule has 0 atom stereocenters. The number of hydrogen-bond acceptors (Lipinski definition) is 5. The summed E-state index contributed by atoms with van der Waals surface area (Å²) in [5.74, 6) is 0.0263. The van der Waals surface area contributed by atoms with Gasteiger partial charge in [-0.05, 0) is 28.5 Å². The molecule has 1 aromatic heterocycles. The Morgan fingerprint density at radius 3 is 2.23 bits per heavy atom. The van der Waals surface area contributed by atoms with Crippen molar-refractivity contribution >= 4 is 47.1 Å². The third-order valence-corrected chi connectivity index (χ3v) is 6.13. The molecule has 3 aromatic rings. The molecular weight excluding hydrogens is 453 g/mol. The molecule has 0 unspecified atom stereocenters. The zero-order valence-corrected chi connectivity index (χ0v) is 19.0. The number of carbonyl (C=O) groups excluding carboxylic acids is 1. The van der Waals surface area contributed by atoms with Crippen LogP contribution in [0.3, 0.4) is 0 Å². The van der Waals surface area contributed by atoms with Crippen LogP contribution < -0.4 is 5.32 Å². The van der Waals surface area contributed by atoms with E-state index in [1.807, 2.05) is 30.5 Å². The molecule has 0 bridgehead atoms. The van der Waals surface area contributed by atoms with Crippen LogP contribution in [0.25, 0.3) is 17.2 Å². The molecule has 0 spiro atoms. The number of hydrogen-bond donors (Lipinski definition) is 1. The van der Waals surface area contributed by atoms with E-state index in [-0.39, 0.29) is 29.4 Å². The Bertz CT molecular complexity index is 1080. The number of aromatic nitrogens is 2. The monoisotopic (exact) mass is 471 g/mol. The summed E-state index contributed by atoms with van der Waals surface area (Å²) in [5, 5.41) is 3.74. The number of nitrogens with zero attached hydrogens (tertiary/aromatic N) is 2. The van der Waals surface area contributed by atoms with Crippen molar-refractivity contribution in [2.45, 2.75) is 11.1 Å². The zero-order chi connectivity index (χ0) is 21.8. The predicted octanol–water partition coefficient (Wildman–Crippen LogP) is 6.06. The summed E-state index contributed by atoms with van der Waals surface area (Å²) in [6, 6.07) is 16.4. The lowest BCUT2D eigenvalue weighted by molar-refractivity contribution is 0.144. The second kappa shape index (κ2) is 9.73. The summed E-state index contributed by atoms with van der Waals surface area (Å²) < 4.78 is 5.51. The fourth-order valence-electron chi connectivity index (χ4n) is 3.60. The summed E-state index contributed by atoms with van der Waals surface area (Å²) in [6.45, 7) is 0.527. The number of thioether (sulfide) groups is 1. The van der Waals surface area contributed by atoms with Crippen molar-refractivity contribution in [3.05, 3.63) is 81.6 Å². The van der Waals surface area contributed by atoms with E-state index in [1.165, 1.54) is 34.0 Å². The van der Waals surface area contributed by atoms with Crippen molar-refractivity contribution in [2.24, 2.45) is 0 Å². The maximum absolute atomic E-state index is 12.2. The lowest BCUT2D eigenvalue weighted by atomic mass is 9.98. The van der Waals surface area contributed by atoms with Gasteiger partial charge in [0, 0.05) is 18.0 Å². The Hall–Kier alpha value is -2.54. The Balaban J connectivity index is 1.34. The number of carbonyl (C=O) groups is 1. The van der Waals surface area contributed by atoms with Crippen LogP contribution in [0.1, 0.15) is 22.6 Å². The molecule has 158 valence electrons. The van der Waals surface area contributed by atoms with Crippen molar-refractivity contribution in [2.75, 3.05) is 19.4 Å². The average molecular weight is 472 g/mol. The molecule has 1 aliphatic carbocycles. The molecule has 1 amide bonds. The number of amides is 1. The van der Waals surface area contributed by atoms with Gasteiger partial charge in [-0.25, -0.2) is 14.8 Å². The molecule has 1 heterocycles. The van der Waals surface area contributed by atoms with Crippen LogP contribution in [-0.4, -0.2) is 35.5 Å². The van der Waals surface area contributed by atoms with Crippen molar-refractivity contribution in [3.63, 3.8) is 0 Å². The SMILES string of the molecule is CSc1nc(Cl)c(C=CCNC(=O)OCC2c3ccccc3-c3ccccc32)c(Cl)n1. The maximum Gasteiger partial charge on any atom is 0.407 e. The fourth-order valence-corrected chi connectivity index (χ4v) is 4.57. The maximum atomic E-state index is 12.2. The van der Waals surface area contributed by atoms with E-state index in [0.717, 1.165) is 0 Å². The van der Waals surface area contributed by atoms with Gasteiger partial charge in [0.05, 0.1) is 0 Å². The van der Waals surface area contributed by atoms with Gasteiger partial charge >= 0.3 is 6.09 Å². The molecule has 31 heavy (non-hydrogen) atoms. The Morgan fingerprint density at radius 2 is 1.65 bits per heavy atom. The number of nitrogens with one attached hydrogen (secondary N) is 1. The quantitative estimate of drug-likeness (QED) is 0.269. The molecule has 4 rings (SSSR count). The molecule has 5 nitrogen and oxygen atoms in total. The minimum atomic E-state index is -0.488. The lowest BCUT2D eigenvalue weighted by Crippen LogP contribution is -2.26. The van der Waals surface area contributed by atoms with Crippen LogP contribution >= 0.6 is 35.0 Å². The number of alkyl carbamates (subject to hydrolysis) is 1. The van der Waals surface area contributed by atoms with Crippen molar-refractivity contribution in [1.82, 2.24) is 15.3 Å². The van der Waals surface area contributed by atoms with Crippen molar-refractivity contribution < 1.29 is 9.53 Å². The van der Waals surface area contributed by atoms with Gasteiger partial charge in [0.1, 0.15) is 16.9 Å². The van der Waals surface area contributed by atoms with Crippen LogP contribution in [0.5, 0.6) is 0 Å². The van der Waals surface area contributed by atoms with Gasteiger partial charge in [-0.1, -0.05) is 95.6 Å². The number of fused-ring (bicyclic) bond motifs is 3. The molecule has 2 aromatic carbocycles. The van der Waals surface area contributed by atoms with Gasteiger partial charge in [0.2, 0.25) is 0 Å². The highest BCUT2D eigenvalue weighted by atomic mass is 35.5. The van der Waals surface area contributed by atoms with Gasteiger partial charge in [-0.2, -0.15) is 0 Å². The van der Waals surface area contributed by atoms with Crippen molar-refractivity contribution in [3.8, 4) is 11.1 Å². The first-order valence-electron chi connectivity index (χ1n) is 9.61. The summed E-state index contributed by atoms with van der Waals surface area (Å²) in [5.41, 5.74) is 5.25. The van der Waals surface area contributed by atoms with Crippen molar-refractivity contribution in [1.29, 1.82) is 0 Å². The normalized spacial score (nSPS) is 12.6. The van der Waals surface area contributed by atoms with Gasteiger partial charge in [0.15, 0.2) is 5.16 Å². The molecular formula is C23H19Cl2N3O2S. The van der Waals surface area contributed by atoms with Crippen LogP contribution in [0.15, 0.2) is 59.8 Å².